The van der Waals surface area contributed by atoms with Crippen LogP contribution in [0.1, 0.15) is 12.1 Å². The fourth-order valence-electron chi connectivity index (χ4n) is 20.5. The smallest absolute Gasteiger partial charge is 0.160 e. The molecule has 0 amide bonds. The van der Waals surface area contributed by atoms with E-state index in [2.05, 4.69) is 396 Å². The first-order valence-electron chi connectivity index (χ1n) is 49.1. The summed E-state index contributed by atoms with van der Waals surface area (Å²) in [6.07, 6.45) is 30.7. The summed E-state index contributed by atoms with van der Waals surface area (Å²) in [7, 11) is 0. The van der Waals surface area contributed by atoms with E-state index in [4.69, 9.17) is 39.9 Å². The summed E-state index contributed by atoms with van der Waals surface area (Å²) in [5, 5.41) is 11.5. The molecule has 682 valence electrons. The van der Waals surface area contributed by atoms with Gasteiger partial charge in [0.1, 0.15) is 0 Å². The standard InChI is InChI=1S/C50H32N4.C44H28N4.C40H26N4/c1-3-10-40-31(6-1)26-28-51-48(40)37-16-12-33(13-17-37)44-30-45(42-24-22-36-15-14-34-8-5-9-35-23-25-43(42)47(36)46(34)35)54-50(53-44)39-20-18-38(19-21-39)49-41-11-4-2-7-32(41)27-29-52-49;1-4-12-38-31(8-1)11-7-13-39(38)43-26-42(32-20-16-29(17-21-32)36-24-34-9-2-5-14-40(34)45-27-36)47-44(48-43)33-22-18-30(19-23-33)37-25-35-10-3-6-15-41(35)46-28-37;1-2-8-29(9-3-1)38-24-39(30-18-14-27(15-19-30)34-22-32-10-4-6-12-36(32)41-25-34)44-40(43-38)31-20-16-28(17-21-31)35-23-33-11-5-7-13-37(33)42-26-35/h1-7,9-30,47H,8H2;1-28H;1-26H. The molecule has 12 nitrogen and oxygen atoms in total. The van der Waals surface area contributed by atoms with Crippen molar-refractivity contribution >= 4 is 81.5 Å². The highest BCUT2D eigenvalue weighted by Crippen LogP contribution is 2.51. The average molecular weight is 1860 g/mol. The van der Waals surface area contributed by atoms with Crippen molar-refractivity contribution in [2.75, 3.05) is 0 Å². The van der Waals surface area contributed by atoms with Gasteiger partial charge in [0.15, 0.2) is 17.5 Å². The number of pyridine rings is 6. The van der Waals surface area contributed by atoms with E-state index in [1.165, 1.54) is 44.0 Å². The van der Waals surface area contributed by atoms with Gasteiger partial charge in [0.25, 0.3) is 0 Å². The van der Waals surface area contributed by atoms with Crippen LogP contribution in [0.4, 0.5) is 0 Å². The van der Waals surface area contributed by atoms with E-state index >= 15 is 0 Å². The van der Waals surface area contributed by atoms with Crippen LogP contribution in [0.25, 0.3) is 239 Å². The van der Waals surface area contributed by atoms with Crippen LogP contribution in [-0.4, -0.2) is 59.8 Å². The van der Waals surface area contributed by atoms with E-state index in [0.717, 1.165) is 217 Å². The number of benzene rings is 15. The highest BCUT2D eigenvalue weighted by atomic mass is 14.9. The second-order valence-corrected chi connectivity index (χ2v) is 37.0. The van der Waals surface area contributed by atoms with Crippen molar-refractivity contribution in [1.29, 1.82) is 0 Å². The van der Waals surface area contributed by atoms with Gasteiger partial charge >= 0.3 is 0 Å². The topological polar surface area (TPSA) is 155 Å². The molecule has 0 radical (unpaired) electrons. The molecule has 24 aromatic rings. The number of rotatable bonds is 15. The van der Waals surface area contributed by atoms with Crippen LogP contribution in [0, 0.1) is 5.92 Å². The summed E-state index contributed by atoms with van der Waals surface area (Å²) in [4.78, 5) is 59.0. The molecule has 0 fully saturated rings. The van der Waals surface area contributed by atoms with Gasteiger partial charge in [0.2, 0.25) is 0 Å². The zero-order valence-electron chi connectivity index (χ0n) is 79.1. The molecular formula is C134H86N12. The van der Waals surface area contributed by atoms with Crippen LogP contribution in [0.3, 0.4) is 0 Å². The minimum atomic E-state index is 0.205. The lowest BCUT2D eigenvalue weighted by Crippen LogP contribution is -2.22. The van der Waals surface area contributed by atoms with Gasteiger partial charge in [-0.1, -0.05) is 388 Å². The Hall–Kier alpha value is -19.6. The molecule has 0 N–H and O–H groups in total. The Morgan fingerprint density at radius 3 is 0.986 bits per heavy atom. The van der Waals surface area contributed by atoms with Crippen molar-refractivity contribution in [3.8, 4) is 157 Å². The zero-order chi connectivity index (χ0) is 96.7. The molecular weight excluding hydrogens is 1780 g/mol. The Morgan fingerprint density at radius 1 is 0.212 bits per heavy atom. The number of fused-ring (bicyclic) bond motifs is 7. The predicted octanol–water partition coefficient (Wildman–Crippen LogP) is 32.8. The van der Waals surface area contributed by atoms with Crippen molar-refractivity contribution in [3.05, 3.63) is 538 Å². The third kappa shape index (κ3) is 17.2. The molecule has 0 spiro atoms. The number of nitrogens with zero attached hydrogens (tertiary/aromatic N) is 12. The number of aromatic nitrogens is 12. The van der Waals surface area contributed by atoms with Gasteiger partial charge in [-0.3, -0.25) is 29.9 Å². The monoisotopic (exact) mass is 1860 g/mol. The summed E-state index contributed by atoms with van der Waals surface area (Å²) in [5.74, 6) is 2.26. The Bertz CT molecular complexity index is 9100. The van der Waals surface area contributed by atoms with Crippen molar-refractivity contribution < 1.29 is 0 Å². The van der Waals surface area contributed by atoms with E-state index in [1.54, 1.807) is 0 Å². The summed E-state index contributed by atoms with van der Waals surface area (Å²) in [6.45, 7) is 0. The maximum absolute atomic E-state index is 5.32. The minimum absolute atomic E-state index is 0.205. The summed E-state index contributed by atoms with van der Waals surface area (Å²) in [6, 6.07) is 145. The maximum atomic E-state index is 5.32. The number of para-hydroxylation sites is 4. The third-order valence-electron chi connectivity index (χ3n) is 28.0. The van der Waals surface area contributed by atoms with Crippen LogP contribution in [0.15, 0.2) is 532 Å². The second kappa shape index (κ2) is 37.9. The maximum Gasteiger partial charge on any atom is 0.160 e. The highest BCUT2D eigenvalue weighted by Gasteiger charge is 2.35. The number of allylic oxidation sites excluding steroid dienone is 14. The summed E-state index contributed by atoms with van der Waals surface area (Å²) < 4.78 is 0. The second-order valence-electron chi connectivity index (χ2n) is 37.0. The van der Waals surface area contributed by atoms with E-state index in [9.17, 15) is 0 Å². The van der Waals surface area contributed by atoms with Gasteiger partial charge in [0.05, 0.1) is 67.6 Å². The average Bonchev–Trinajstić information content (AvgIpc) is 0.729. The van der Waals surface area contributed by atoms with Crippen LogP contribution in [0.2, 0.25) is 0 Å². The number of hydrogen-bond donors (Lipinski definition) is 0. The van der Waals surface area contributed by atoms with E-state index < -0.39 is 0 Å². The van der Waals surface area contributed by atoms with E-state index in [0.29, 0.717) is 17.5 Å². The molecule has 4 aliphatic carbocycles. The normalized spacial score (nSPS) is 13.3. The molecule has 0 saturated heterocycles. The van der Waals surface area contributed by atoms with Gasteiger partial charge in [-0.05, 0) is 157 Å². The molecule has 15 aromatic carbocycles. The SMILES string of the molecule is C1=CC2=C3C(=CC=C4C=CC(c5cc(-c6ccc(-c7nccc8ccccc78)cc6)nc(-c6ccc(-c7nccc8ccccc78)cc6)n5)=C(C=C2)C43)C1.c1ccc(-c2cc(-c3ccc(-c4cnc5ccccc5c4)cc3)nc(-c3ccc(-c4cnc5ccccc5c4)cc3)n2)cc1.c1ccc2ncc(-c3ccc(-c4cc(-c5cccc6ccccc56)nc(-c5ccc(-c6cnc7ccccc7c6)cc5)n4)cc3)cc2c1. The molecule has 9 heterocycles. The van der Waals surface area contributed by atoms with Gasteiger partial charge < -0.3 is 0 Å². The Labute approximate surface area is 843 Å². The van der Waals surface area contributed by atoms with Gasteiger partial charge in [-0.2, -0.15) is 0 Å². The molecule has 9 aromatic heterocycles. The van der Waals surface area contributed by atoms with Gasteiger partial charge in [0, 0.05) is 159 Å². The Morgan fingerprint density at radius 2 is 0.548 bits per heavy atom. The Kier molecular flexibility index (Phi) is 22.5. The lowest BCUT2D eigenvalue weighted by molar-refractivity contribution is 0.834. The first kappa shape index (κ1) is 86.8. The number of hydrogen-bond acceptors (Lipinski definition) is 12. The fourth-order valence-corrected chi connectivity index (χ4v) is 20.5. The van der Waals surface area contributed by atoms with Crippen LogP contribution < -0.4 is 0 Å². The minimum Gasteiger partial charge on any atom is -0.256 e. The molecule has 1 unspecified atom stereocenters. The van der Waals surface area contributed by atoms with Crippen molar-refractivity contribution in [2.24, 2.45) is 5.92 Å². The molecule has 1 atom stereocenters. The molecule has 146 heavy (non-hydrogen) atoms. The van der Waals surface area contributed by atoms with Crippen molar-refractivity contribution in [2.45, 2.75) is 6.42 Å². The lowest BCUT2D eigenvalue weighted by Gasteiger charge is -2.36. The van der Waals surface area contributed by atoms with Crippen molar-refractivity contribution in [3.63, 3.8) is 0 Å². The summed E-state index contributed by atoms with van der Waals surface area (Å²) in [5.41, 5.74) is 38.1. The van der Waals surface area contributed by atoms with Crippen molar-refractivity contribution in [1.82, 2.24) is 59.8 Å². The molecule has 0 bridgehead atoms. The van der Waals surface area contributed by atoms with Gasteiger partial charge in [-0.15, -0.1) is 0 Å². The molecule has 28 rings (SSSR count). The van der Waals surface area contributed by atoms with E-state index in [-0.39, 0.29) is 5.92 Å². The lowest BCUT2D eigenvalue weighted by atomic mass is 9.67. The molecule has 12 heteroatoms. The Balaban J connectivity index is 0.000000112. The van der Waals surface area contributed by atoms with Crippen LogP contribution in [0.5, 0.6) is 0 Å². The molecule has 0 saturated carbocycles. The largest absolute Gasteiger partial charge is 0.256 e. The predicted molar refractivity (Wildman–Crippen MR) is 597 cm³/mol. The highest BCUT2D eigenvalue weighted by molar-refractivity contribution is 6.00. The molecule has 0 aliphatic heterocycles. The quantitative estimate of drug-likeness (QED) is 0.0959. The first-order valence-corrected chi connectivity index (χ1v) is 49.1. The summed E-state index contributed by atoms with van der Waals surface area (Å²) >= 11 is 0. The van der Waals surface area contributed by atoms with Crippen LogP contribution >= 0.6 is 0 Å². The van der Waals surface area contributed by atoms with E-state index in [1.807, 2.05) is 128 Å². The van der Waals surface area contributed by atoms with Gasteiger partial charge in [-0.25, -0.2) is 29.9 Å². The zero-order valence-corrected chi connectivity index (χ0v) is 79.1. The fraction of sp³-hybridized carbons (Fsp3) is 0.0149. The first-order chi connectivity index (χ1) is 72.3. The third-order valence-corrected chi connectivity index (χ3v) is 28.0. The molecule has 4 aliphatic rings. The van der Waals surface area contributed by atoms with Crippen LogP contribution in [-0.2, 0) is 0 Å².